The lowest BCUT2D eigenvalue weighted by molar-refractivity contribution is -0.132. The van der Waals surface area contributed by atoms with Crippen LogP contribution in [0.15, 0.2) is 71.6 Å². The van der Waals surface area contributed by atoms with Crippen LogP contribution >= 0.6 is 11.3 Å². The molecule has 146 valence electrons. The zero-order chi connectivity index (χ0) is 20.5. The van der Waals surface area contributed by atoms with Crippen LogP contribution in [-0.4, -0.2) is 23.9 Å². The average Bonchev–Trinajstić information content (AvgIpc) is 3.35. The highest BCUT2D eigenvalue weighted by Crippen LogP contribution is 2.44. The van der Waals surface area contributed by atoms with Gasteiger partial charge in [0, 0.05) is 22.2 Å². The molecule has 0 bridgehead atoms. The van der Waals surface area contributed by atoms with E-state index < -0.39 is 17.7 Å². The Balaban J connectivity index is 1.91. The molecule has 5 nitrogen and oxygen atoms in total. The number of carbonyl (C=O) groups is 2. The topological polar surface area (TPSA) is 66.8 Å². The maximum Gasteiger partial charge on any atom is 0.300 e. The third kappa shape index (κ3) is 3.32. The summed E-state index contributed by atoms with van der Waals surface area (Å²) < 4.78 is 5.28. The van der Waals surface area contributed by atoms with Gasteiger partial charge in [-0.1, -0.05) is 42.0 Å². The third-order valence-corrected chi connectivity index (χ3v) is 5.84. The Hall–Kier alpha value is -3.38. The summed E-state index contributed by atoms with van der Waals surface area (Å²) in [6, 6.07) is 17.2. The molecular formula is C23H19NO4S. The molecule has 1 atom stereocenters. The fourth-order valence-electron chi connectivity index (χ4n) is 3.44. The van der Waals surface area contributed by atoms with Gasteiger partial charge in [0.15, 0.2) is 0 Å². The van der Waals surface area contributed by atoms with E-state index >= 15 is 0 Å². The van der Waals surface area contributed by atoms with Crippen molar-refractivity contribution in [3.8, 4) is 5.75 Å². The summed E-state index contributed by atoms with van der Waals surface area (Å²) in [5.74, 6) is -0.977. The van der Waals surface area contributed by atoms with Gasteiger partial charge in [-0.25, -0.2) is 0 Å². The molecule has 1 saturated heterocycles. The number of amides is 1. The number of aliphatic hydroxyl groups is 1. The molecule has 2 aromatic carbocycles. The molecule has 1 fully saturated rings. The zero-order valence-corrected chi connectivity index (χ0v) is 16.8. The molecular weight excluding hydrogens is 386 g/mol. The number of Topliss-reactive ketones (excluding diaryl/α,β-unsaturated/α-hetero) is 1. The first-order chi connectivity index (χ1) is 14.0. The number of hydrogen-bond acceptors (Lipinski definition) is 5. The average molecular weight is 405 g/mol. The monoisotopic (exact) mass is 405 g/mol. The minimum absolute atomic E-state index is 0.0872. The van der Waals surface area contributed by atoms with E-state index in [4.69, 9.17) is 4.74 Å². The van der Waals surface area contributed by atoms with Gasteiger partial charge in [-0.2, -0.15) is 0 Å². The summed E-state index contributed by atoms with van der Waals surface area (Å²) in [6.07, 6.45) is 0. The fourth-order valence-corrected chi connectivity index (χ4v) is 4.27. The van der Waals surface area contributed by atoms with Gasteiger partial charge < -0.3 is 9.84 Å². The van der Waals surface area contributed by atoms with E-state index in [9.17, 15) is 14.7 Å². The SMILES string of the molecule is COc1cccc(N2C(=O)C(=O)/C(=C(\O)c3ccc(C)cc3)C2c2cccs2)c1. The van der Waals surface area contributed by atoms with Crippen molar-refractivity contribution < 1.29 is 19.4 Å². The number of benzene rings is 2. The van der Waals surface area contributed by atoms with E-state index in [2.05, 4.69) is 0 Å². The van der Waals surface area contributed by atoms with Gasteiger partial charge in [0.25, 0.3) is 11.7 Å². The number of aliphatic hydroxyl groups excluding tert-OH is 1. The van der Waals surface area contributed by atoms with E-state index in [0.29, 0.717) is 17.0 Å². The highest BCUT2D eigenvalue weighted by Gasteiger charge is 2.47. The lowest BCUT2D eigenvalue weighted by Crippen LogP contribution is -2.29. The molecule has 1 aromatic heterocycles. The molecule has 0 radical (unpaired) electrons. The number of carbonyl (C=O) groups excluding carboxylic acids is 2. The van der Waals surface area contributed by atoms with Crippen LogP contribution in [0.3, 0.4) is 0 Å². The number of thiophene rings is 1. The van der Waals surface area contributed by atoms with Crippen molar-refractivity contribution in [2.75, 3.05) is 12.0 Å². The molecule has 2 heterocycles. The van der Waals surface area contributed by atoms with Crippen LogP contribution in [0.2, 0.25) is 0 Å². The molecule has 3 aromatic rings. The molecule has 0 saturated carbocycles. The van der Waals surface area contributed by atoms with Gasteiger partial charge >= 0.3 is 0 Å². The Kier molecular flexibility index (Phi) is 4.94. The van der Waals surface area contributed by atoms with Crippen molar-refractivity contribution in [1.82, 2.24) is 0 Å². The van der Waals surface area contributed by atoms with Crippen molar-refractivity contribution >= 4 is 34.5 Å². The van der Waals surface area contributed by atoms with Crippen molar-refractivity contribution in [2.24, 2.45) is 0 Å². The second-order valence-corrected chi connectivity index (χ2v) is 7.73. The maximum absolute atomic E-state index is 13.0. The van der Waals surface area contributed by atoms with Crippen LogP contribution in [0.1, 0.15) is 22.0 Å². The normalized spacial score (nSPS) is 18.3. The number of anilines is 1. The van der Waals surface area contributed by atoms with Crippen LogP contribution in [-0.2, 0) is 9.59 Å². The standard InChI is InChI=1S/C23H19NO4S/c1-14-8-10-15(11-9-14)21(25)19-20(18-7-4-12-29-18)24(23(27)22(19)26)16-5-3-6-17(13-16)28-2/h3-13,20,25H,1-2H3/b21-19-. The predicted octanol–water partition coefficient (Wildman–Crippen LogP) is 4.69. The summed E-state index contributed by atoms with van der Waals surface area (Å²) in [5.41, 5.74) is 2.16. The number of hydrogen-bond donors (Lipinski definition) is 1. The smallest absolute Gasteiger partial charge is 0.300 e. The van der Waals surface area contributed by atoms with Gasteiger partial charge in [-0.05, 0) is 30.5 Å². The van der Waals surface area contributed by atoms with Crippen LogP contribution in [0.25, 0.3) is 5.76 Å². The fraction of sp³-hybridized carbons (Fsp3) is 0.130. The zero-order valence-electron chi connectivity index (χ0n) is 16.0. The van der Waals surface area contributed by atoms with Gasteiger partial charge in [-0.3, -0.25) is 14.5 Å². The molecule has 1 aliphatic rings. The largest absolute Gasteiger partial charge is 0.507 e. The van der Waals surface area contributed by atoms with Crippen molar-refractivity contribution in [2.45, 2.75) is 13.0 Å². The van der Waals surface area contributed by atoms with E-state index in [-0.39, 0.29) is 11.3 Å². The van der Waals surface area contributed by atoms with Gasteiger partial charge in [-0.15, -0.1) is 11.3 Å². The Morgan fingerprint density at radius 1 is 1.07 bits per heavy atom. The van der Waals surface area contributed by atoms with Crippen LogP contribution in [0.4, 0.5) is 5.69 Å². The third-order valence-electron chi connectivity index (χ3n) is 4.91. The Bertz CT molecular complexity index is 1100. The Labute approximate surface area is 172 Å². The van der Waals surface area contributed by atoms with Crippen molar-refractivity contribution in [3.05, 3.63) is 87.6 Å². The second-order valence-electron chi connectivity index (χ2n) is 6.75. The number of ether oxygens (including phenoxy) is 1. The summed E-state index contributed by atoms with van der Waals surface area (Å²) in [6.45, 7) is 1.94. The number of rotatable bonds is 4. The van der Waals surface area contributed by atoms with Crippen molar-refractivity contribution in [1.29, 1.82) is 0 Å². The highest BCUT2D eigenvalue weighted by atomic mass is 32.1. The van der Waals surface area contributed by atoms with Gasteiger partial charge in [0.1, 0.15) is 17.6 Å². The summed E-state index contributed by atoms with van der Waals surface area (Å²) in [5, 5.41) is 12.9. The minimum Gasteiger partial charge on any atom is -0.507 e. The maximum atomic E-state index is 13.0. The summed E-state index contributed by atoms with van der Waals surface area (Å²) >= 11 is 1.43. The molecule has 1 unspecified atom stereocenters. The number of ketones is 1. The lowest BCUT2D eigenvalue weighted by atomic mass is 9.99. The number of aryl methyl sites for hydroxylation is 1. The first-order valence-electron chi connectivity index (χ1n) is 9.06. The number of methoxy groups -OCH3 is 1. The van der Waals surface area contributed by atoms with E-state index in [1.165, 1.54) is 16.2 Å². The lowest BCUT2D eigenvalue weighted by Gasteiger charge is -2.24. The molecule has 1 N–H and O–H groups in total. The van der Waals surface area contributed by atoms with E-state index in [0.717, 1.165) is 10.4 Å². The van der Waals surface area contributed by atoms with Crippen LogP contribution in [0, 0.1) is 6.92 Å². The van der Waals surface area contributed by atoms with E-state index in [1.54, 1.807) is 43.5 Å². The quantitative estimate of drug-likeness (QED) is 0.388. The Morgan fingerprint density at radius 2 is 1.83 bits per heavy atom. The summed E-state index contributed by atoms with van der Waals surface area (Å²) in [7, 11) is 1.54. The van der Waals surface area contributed by atoms with Crippen molar-refractivity contribution in [3.63, 3.8) is 0 Å². The van der Waals surface area contributed by atoms with Gasteiger partial charge in [0.05, 0.1) is 12.7 Å². The Morgan fingerprint density at radius 3 is 2.48 bits per heavy atom. The molecule has 0 aliphatic carbocycles. The molecule has 0 spiro atoms. The molecule has 6 heteroatoms. The minimum atomic E-state index is -0.705. The first-order valence-corrected chi connectivity index (χ1v) is 9.94. The van der Waals surface area contributed by atoms with Crippen LogP contribution < -0.4 is 9.64 Å². The summed E-state index contributed by atoms with van der Waals surface area (Å²) in [4.78, 5) is 28.2. The van der Waals surface area contributed by atoms with Gasteiger partial charge in [0.2, 0.25) is 0 Å². The number of nitrogens with zero attached hydrogens (tertiary/aromatic N) is 1. The second kappa shape index (κ2) is 7.56. The predicted molar refractivity (Wildman–Crippen MR) is 113 cm³/mol. The molecule has 1 amide bonds. The molecule has 4 rings (SSSR count). The highest BCUT2D eigenvalue weighted by molar-refractivity contribution is 7.10. The van der Waals surface area contributed by atoms with E-state index in [1.807, 2.05) is 36.6 Å². The van der Waals surface area contributed by atoms with Crippen LogP contribution in [0.5, 0.6) is 5.75 Å². The molecule has 29 heavy (non-hydrogen) atoms. The first kappa shape index (κ1) is 19.0. The molecule has 1 aliphatic heterocycles.